The van der Waals surface area contributed by atoms with Crippen LogP contribution < -0.4 is 0 Å². The van der Waals surface area contributed by atoms with Crippen LogP contribution >= 0.6 is 11.8 Å². The highest BCUT2D eigenvalue weighted by Gasteiger charge is 2.26. The molecule has 0 aromatic rings. The molecule has 0 spiro atoms. The summed E-state index contributed by atoms with van der Waals surface area (Å²) in [5.74, 6) is 0. The zero-order chi connectivity index (χ0) is 8.39. The smallest absolute Gasteiger partial charge is 0.0834 e. The summed E-state index contributed by atoms with van der Waals surface area (Å²) in [5.41, 5.74) is 0. The Morgan fingerprint density at radius 3 is 2.83 bits per heavy atom. The van der Waals surface area contributed by atoms with E-state index in [1.165, 1.54) is 0 Å². The molecular formula is C8H14ClNO2. The van der Waals surface area contributed by atoms with Crippen molar-refractivity contribution in [3.8, 4) is 0 Å². The average molecular weight is 192 g/mol. The Hall–Kier alpha value is 0.170. The predicted molar refractivity (Wildman–Crippen MR) is 46.1 cm³/mol. The molecule has 0 aliphatic carbocycles. The van der Waals surface area contributed by atoms with Gasteiger partial charge in [0.25, 0.3) is 0 Å². The van der Waals surface area contributed by atoms with Crippen LogP contribution in [0.1, 0.15) is 12.8 Å². The summed E-state index contributed by atoms with van der Waals surface area (Å²) in [4.78, 5) is 0. The van der Waals surface area contributed by atoms with Gasteiger partial charge in [-0.3, -0.25) is 0 Å². The van der Waals surface area contributed by atoms with E-state index in [2.05, 4.69) is 0 Å². The van der Waals surface area contributed by atoms with E-state index >= 15 is 0 Å². The van der Waals surface area contributed by atoms with E-state index in [-0.39, 0.29) is 0 Å². The predicted octanol–water partition coefficient (Wildman–Crippen LogP) is 1.02. The molecule has 0 radical (unpaired) electrons. The maximum Gasteiger partial charge on any atom is 0.0834 e. The first-order chi connectivity index (χ1) is 5.84. The van der Waals surface area contributed by atoms with Gasteiger partial charge in [-0.05, 0) is 24.6 Å². The second-order valence-corrected chi connectivity index (χ2v) is 3.88. The molecule has 2 rings (SSSR count). The molecular weight excluding hydrogens is 178 g/mol. The van der Waals surface area contributed by atoms with Crippen LogP contribution in [0.2, 0.25) is 0 Å². The standard InChI is InChI=1S/C8H14ClNO2/c9-10-3-1-7(5-10)12-8-2-4-11-6-8/h7-8H,1-6H2/t7-,8-/m1/s1. The summed E-state index contributed by atoms with van der Waals surface area (Å²) in [6, 6.07) is 0. The number of halogens is 1. The Bertz CT molecular complexity index is 150. The summed E-state index contributed by atoms with van der Waals surface area (Å²) >= 11 is 5.81. The van der Waals surface area contributed by atoms with Crippen molar-refractivity contribution in [2.75, 3.05) is 26.3 Å². The fourth-order valence-electron chi connectivity index (χ4n) is 1.69. The second-order valence-electron chi connectivity index (χ2n) is 3.40. The number of nitrogens with zero attached hydrogens (tertiary/aromatic N) is 1. The first-order valence-electron chi connectivity index (χ1n) is 4.48. The highest BCUT2D eigenvalue weighted by molar-refractivity contribution is 6.13. The van der Waals surface area contributed by atoms with Gasteiger partial charge in [0.1, 0.15) is 0 Å². The van der Waals surface area contributed by atoms with Gasteiger partial charge in [0.05, 0.1) is 18.8 Å². The van der Waals surface area contributed by atoms with Gasteiger partial charge in [-0.25, -0.2) is 4.42 Å². The van der Waals surface area contributed by atoms with E-state index in [1.54, 1.807) is 4.42 Å². The lowest BCUT2D eigenvalue weighted by Crippen LogP contribution is -2.23. The summed E-state index contributed by atoms with van der Waals surface area (Å²) in [7, 11) is 0. The number of hydrogen-bond donors (Lipinski definition) is 0. The average Bonchev–Trinajstić information content (AvgIpc) is 2.63. The lowest BCUT2D eigenvalue weighted by molar-refractivity contribution is -0.00747. The van der Waals surface area contributed by atoms with Crippen LogP contribution in [-0.4, -0.2) is 42.9 Å². The van der Waals surface area contributed by atoms with Crippen LogP contribution in [0, 0.1) is 0 Å². The summed E-state index contributed by atoms with van der Waals surface area (Å²) in [6.07, 6.45) is 2.74. The van der Waals surface area contributed by atoms with Crippen molar-refractivity contribution < 1.29 is 9.47 Å². The lowest BCUT2D eigenvalue weighted by Gasteiger charge is -2.15. The van der Waals surface area contributed by atoms with E-state index in [1.807, 2.05) is 0 Å². The van der Waals surface area contributed by atoms with Gasteiger partial charge in [-0.2, -0.15) is 0 Å². The van der Waals surface area contributed by atoms with Crippen molar-refractivity contribution in [3.05, 3.63) is 0 Å². The summed E-state index contributed by atoms with van der Waals surface area (Å²) in [5, 5.41) is 0. The molecule has 12 heavy (non-hydrogen) atoms. The molecule has 0 N–H and O–H groups in total. The normalized spacial score (nSPS) is 37.8. The summed E-state index contributed by atoms with van der Waals surface area (Å²) < 4.78 is 12.8. The first kappa shape index (κ1) is 8.75. The molecule has 2 fully saturated rings. The van der Waals surface area contributed by atoms with Gasteiger partial charge < -0.3 is 9.47 Å². The van der Waals surface area contributed by atoms with Crippen LogP contribution in [0.5, 0.6) is 0 Å². The summed E-state index contributed by atoms with van der Waals surface area (Å²) in [6.45, 7) is 3.42. The monoisotopic (exact) mass is 191 g/mol. The van der Waals surface area contributed by atoms with Crippen LogP contribution in [-0.2, 0) is 9.47 Å². The van der Waals surface area contributed by atoms with Gasteiger partial charge in [0.15, 0.2) is 0 Å². The van der Waals surface area contributed by atoms with Crippen LogP contribution in [0.3, 0.4) is 0 Å². The molecule has 2 aliphatic rings. The van der Waals surface area contributed by atoms with Crippen molar-refractivity contribution in [2.24, 2.45) is 0 Å². The Morgan fingerprint density at radius 2 is 2.25 bits per heavy atom. The van der Waals surface area contributed by atoms with Crippen molar-refractivity contribution >= 4 is 11.8 Å². The minimum Gasteiger partial charge on any atom is -0.379 e. The fourth-order valence-corrected chi connectivity index (χ4v) is 1.94. The number of ether oxygens (including phenoxy) is 2. The molecule has 0 amide bonds. The molecule has 0 bridgehead atoms. The van der Waals surface area contributed by atoms with Crippen molar-refractivity contribution in [2.45, 2.75) is 25.0 Å². The third-order valence-corrected chi connectivity index (χ3v) is 2.68. The maximum atomic E-state index is 5.81. The molecule has 2 atom stereocenters. The molecule has 0 unspecified atom stereocenters. The Kier molecular flexibility index (Phi) is 2.86. The van der Waals surface area contributed by atoms with Crippen LogP contribution in [0.25, 0.3) is 0 Å². The van der Waals surface area contributed by atoms with E-state index in [0.717, 1.165) is 39.1 Å². The number of hydrogen-bond acceptors (Lipinski definition) is 3. The van der Waals surface area contributed by atoms with E-state index in [0.29, 0.717) is 12.2 Å². The molecule has 3 nitrogen and oxygen atoms in total. The van der Waals surface area contributed by atoms with E-state index in [9.17, 15) is 0 Å². The Balaban J connectivity index is 1.72. The fraction of sp³-hybridized carbons (Fsp3) is 1.00. The quantitative estimate of drug-likeness (QED) is 0.609. The van der Waals surface area contributed by atoms with Crippen LogP contribution in [0.4, 0.5) is 0 Å². The zero-order valence-corrected chi connectivity index (χ0v) is 7.79. The highest BCUT2D eigenvalue weighted by atomic mass is 35.5. The van der Waals surface area contributed by atoms with Gasteiger partial charge >= 0.3 is 0 Å². The van der Waals surface area contributed by atoms with E-state index < -0.39 is 0 Å². The van der Waals surface area contributed by atoms with E-state index in [4.69, 9.17) is 21.3 Å². The molecule has 4 heteroatoms. The minimum atomic E-state index is 0.318. The van der Waals surface area contributed by atoms with Gasteiger partial charge in [0.2, 0.25) is 0 Å². The van der Waals surface area contributed by atoms with Gasteiger partial charge in [-0.15, -0.1) is 0 Å². The topological polar surface area (TPSA) is 21.7 Å². The maximum absolute atomic E-state index is 5.81. The molecule has 2 heterocycles. The molecule has 0 aromatic carbocycles. The van der Waals surface area contributed by atoms with Crippen molar-refractivity contribution in [1.82, 2.24) is 4.42 Å². The molecule has 0 saturated carbocycles. The largest absolute Gasteiger partial charge is 0.379 e. The Labute approximate surface area is 77.7 Å². The third kappa shape index (κ3) is 2.10. The van der Waals surface area contributed by atoms with Crippen LogP contribution in [0.15, 0.2) is 0 Å². The number of rotatable bonds is 2. The Morgan fingerprint density at radius 1 is 1.33 bits per heavy atom. The SMILES string of the molecule is ClN1CC[C@@H](O[C@@H]2CCOC2)C1. The lowest BCUT2D eigenvalue weighted by atomic mass is 10.3. The van der Waals surface area contributed by atoms with Gasteiger partial charge in [0, 0.05) is 19.7 Å². The zero-order valence-electron chi connectivity index (χ0n) is 7.04. The van der Waals surface area contributed by atoms with Crippen molar-refractivity contribution in [3.63, 3.8) is 0 Å². The molecule has 2 saturated heterocycles. The van der Waals surface area contributed by atoms with Gasteiger partial charge in [-0.1, -0.05) is 0 Å². The van der Waals surface area contributed by atoms with Crippen molar-refractivity contribution in [1.29, 1.82) is 0 Å². The minimum absolute atomic E-state index is 0.318. The highest BCUT2D eigenvalue weighted by Crippen LogP contribution is 2.19. The second kappa shape index (κ2) is 3.92. The third-order valence-electron chi connectivity index (χ3n) is 2.37. The molecule has 70 valence electrons. The molecule has 0 aromatic heterocycles. The first-order valence-corrected chi connectivity index (χ1v) is 4.82. The molecule has 2 aliphatic heterocycles.